The predicted octanol–water partition coefficient (Wildman–Crippen LogP) is 3.15. The summed E-state index contributed by atoms with van der Waals surface area (Å²) in [4.78, 5) is 7.03. The van der Waals surface area contributed by atoms with E-state index < -0.39 is 0 Å². The maximum absolute atomic E-state index is 6.23. The molecule has 1 saturated carbocycles. The molecule has 21 heavy (non-hydrogen) atoms. The van der Waals surface area contributed by atoms with Gasteiger partial charge in [0.25, 0.3) is 0 Å². The van der Waals surface area contributed by atoms with Crippen molar-refractivity contribution in [2.45, 2.75) is 44.4 Å². The third-order valence-corrected chi connectivity index (χ3v) is 5.35. The van der Waals surface area contributed by atoms with Crippen molar-refractivity contribution in [3.8, 4) is 0 Å². The summed E-state index contributed by atoms with van der Waals surface area (Å²) in [5, 5.41) is 0. The molecule has 1 aliphatic heterocycles. The standard InChI is InChI=1S/C18H27N3/c1-15-8-12-21(13-9-15)17(19)20-14-18(10-5-11-18)16-6-3-2-4-7-16/h2-4,6-7,15H,5,8-14H2,1H3,(H2,19,20). The Hall–Kier alpha value is -1.51. The van der Waals surface area contributed by atoms with Crippen LogP contribution in [0.2, 0.25) is 0 Å². The zero-order valence-corrected chi connectivity index (χ0v) is 13.1. The predicted molar refractivity (Wildman–Crippen MR) is 88.4 cm³/mol. The summed E-state index contributed by atoms with van der Waals surface area (Å²) in [6.45, 7) is 5.29. The highest BCUT2D eigenvalue weighted by molar-refractivity contribution is 5.78. The minimum atomic E-state index is 0.245. The van der Waals surface area contributed by atoms with Gasteiger partial charge in [0, 0.05) is 18.5 Å². The van der Waals surface area contributed by atoms with Gasteiger partial charge in [0.15, 0.2) is 5.96 Å². The van der Waals surface area contributed by atoms with E-state index in [0.29, 0.717) is 0 Å². The van der Waals surface area contributed by atoms with E-state index in [1.165, 1.54) is 37.7 Å². The van der Waals surface area contributed by atoms with Crippen LogP contribution in [0.15, 0.2) is 35.3 Å². The number of piperidine rings is 1. The zero-order valence-electron chi connectivity index (χ0n) is 13.1. The third kappa shape index (κ3) is 3.07. The molecule has 1 heterocycles. The molecule has 2 aliphatic rings. The zero-order chi connectivity index (χ0) is 14.7. The lowest BCUT2D eigenvalue weighted by molar-refractivity contribution is 0.248. The van der Waals surface area contributed by atoms with Crippen molar-refractivity contribution in [1.82, 2.24) is 4.90 Å². The molecule has 0 radical (unpaired) electrons. The Balaban J connectivity index is 1.66. The number of benzene rings is 1. The van der Waals surface area contributed by atoms with E-state index in [1.807, 2.05) is 0 Å². The van der Waals surface area contributed by atoms with Crippen molar-refractivity contribution in [3.05, 3.63) is 35.9 Å². The van der Waals surface area contributed by atoms with E-state index in [4.69, 9.17) is 10.7 Å². The fourth-order valence-electron chi connectivity index (χ4n) is 3.50. The van der Waals surface area contributed by atoms with E-state index >= 15 is 0 Å². The SMILES string of the molecule is CC1CCN(C(N)=NCC2(c3ccccc3)CCC2)CC1. The van der Waals surface area contributed by atoms with Gasteiger partial charge in [-0.3, -0.25) is 4.99 Å². The first kappa shape index (κ1) is 14.4. The van der Waals surface area contributed by atoms with E-state index in [9.17, 15) is 0 Å². The van der Waals surface area contributed by atoms with Crippen LogP contribution in [0.1, 0.15) is 44.6 Å². The maximum atomic E-state index is 6.23. The molecule has 3 rings (SSSR count). The summed E-state index contributed by atoms with van der Waals surface area (Å²) >= 11 is 0. The molecule has 2 fully saturated rings. The molecular formula is C18H27N3. The Labute approximate surface area is 128 Å². The van der Waals surface area contributed by atoms with Crippen LogP contribution >= 0.6 is 0 Å². The molecule has 0 amide bonds. The number of likely N-dealkylation sites (tertiary alicyclic amines) is 1. The fraction of sp³-hybridized carbons (Fsp3) is 0.611. The van der Waals surface area contributed by atoms with E-state index in [0.717, 1.165) is 31.5 Å². The van der Waals surface area contributed by atoms with E-state index in [1.54, 1.807) is 0 Å². The van der Waals surface area contributed by atoms with Crippen LogP contribution in [-0.2, 0) is 5.41 Å². The highest BCUT2D eigenvalue weighted by atomic mass is 15.3. The molecule has 1 aliphatic carbocycles. The van der Waals surface area contributed by atoms with E-state index in [-0.39, 0.29) is 5.41 Å². The Morgan fingerprint density at radius 1 is 1.24 bits per heavy atom. The van der Waals surface area contributed by atoms with Crippen LogP contribution in [0.25, 0.3) is 0 Å². The van der Waals surface area contributed by atoms with Crippen LogP contribution in [0.3, 0.4) is 0 Å². The second-order valence-corrected chi connectivity index (χ2v) is 6.84. The van der Waals surface area contributed by atoms with Gasteiger partial charge in [-0.25, -0.2) is 0 Å². The molecule has 1 aromatic carbocycles. The minimum absolute atomic E-state index is 0.245. The van der Waals surface area contributed by atoms with Gasteiger partial charge in [-0.1, -0.05) is 43.7 Å². The second-order valence-electron chi connectivity index (χ2n) is 6.84. The number of nitrogens with two attached hydrogens (primary N) is 1. The van der Waals surface area contributed by atoms with E-state index in [2.05, 4.69) is 42.2 Å². The van der Waals surface area contributed by atoms with Crippen LogP contribution < -0.4 is 5.73 Å². The van der Waals surface area contributed by atoms with Gasteiger partial charge in [-0.05, 0) is 37.2 Å². The van der Waals surface area contributed by atoms with Crippen LogP contribution in [0.5, 0.6) is 0 Å². The average Bonchev–Trinajstić information content (AvgIpc) is 2.48. The lowest BCUT2D eigenvalue weighted by atomic mass is 9.64. The maximum Gasteiger partial charge on any atom is 0.191 e. The van der Waals surface area contributed by atoms with Crippen molar-refractivity contribution < 1.29 is 0 Å². The fourth-order valence-corrected chi connectivity index (χ4v) is 3.50. The third-order valence-electron chi connectivity index (χ3n) is 5.35. The van der Waals surface area contributed by atoms with Gasteiger partial charge in [0.2, 0.25) is 0 Å². The summed E-state index contributed by atoms with van der Waals surface area (Å²) in [7, 11) is 0. The number of hydrogen-bond acceptors (Lipinski definition) is 1. The van der Waals surface area contributed by atoms with Gasteiger partial charge >= 0.3 is 0 Å². The Morgan fingerprint density at radius 3 is 2.48 bits per heavy atom. The molecule has 3 heteroatoms. The number of guanidine groups is 1. The minimum Gasteiger partial charge on any atom is -0.370 e. The summed E-state index contributed by atoms with van der Waals surface area (Å²) in [6, 6.07) is 10.8. The lowest BCUT2D eigenvalue weighted by Crippen LogP contribution is -2.44. The Morgan fingerprint density at radius 2 is 1.90 bits per heavy atom. The van der Waals surface area contributed by atoms with Gasteiger partial charge in [-0.15, -0.1) is 0 Å². The van der Waals surface area contributed by atoms with Crippen molar-refractivity contribution >= 4 is 5.96 Å². The first-order valence-corrected chi connectivity index (χ1v) is 8.30. The van der Waals surface area contributed by atoms with Gasteiger partial charge in [-0.2, -0.15) is 0 Å². The molecule has 0 aromatic heterocycles. The molecule has 0 spiro atoms. The molecule has 0 atom stereocenters. The van der Waals surface area contributed by atoms with Gasteiger partial charge < -0.3 is 10.6 Å². The quantitative estimate of drug-likeness (QED) is 0.684. The molecular weight excluding hydrogens is 258 g/mol. The monoisotopic (exact) mass is 285 g/mol. The van der Waals surface area contributed by atoms with Gasteiger partial charge in [0.05, 0.1) is 6.54 Å². The molecule has 114 valence electrons. The van der Waals surface area contributed by atoms with Crippen LogP contribution in [0, 0.1) is 5.92 Å². The highest BCUT2D eigenvalue weighted by Crippen LogP contribution is 2.43. The number of hydrogen-bond donors (Lipinski definition) is 1. The summed E-state index contributed by atoms with van der Waals surface area (Å²) in [5.41, 5.74) is 7.91. The van der Waals surface area contributed by atoms with Crippen LogP contribution in [0.4, 0.5) is 0 Å². The average molecular weight is 285 g/mol. The number of nitrogens with zero attached hydrogens (tertiary/aromatic N) is 2. The molecule has 0 unspecified atom stereocenters. The number of aliphatic imine (C=N–C) groups is 1. The molecule has 2 N–H and O–H groups in total. The Kier molecular flexibility index (Phi) is 4.18. The first-order chi connectivity index (χ1) is 10.2. The van der Waals surface area contributed by atoms with Crippen LogP contribution in [-0.4, -0.2) is 30.5 Å². The molecule has 3 nitrogen and oxygen atoms in total. The summed E-state index contributed by atoms with van der Waals surface area (Å²) in [5.74, 6) is 1.58. The smallest absolute Gasteiger partial charge is 0.191 e. The highest BCUT2D eigenvalue weighted by Gasteiger charge is 2.38. The van der Waals surface area contributed by atoms with Crippen molar-refractivity contribution in [2.24, 2.45) is 16.6 Å². The first-order valence-electron chi connectivity index (χ1n) is 8.30. The number of rotatable bonds is 3. The summed E-state index contributed by atoms with van der Waals surface area (Å²) < 4.78 is 0. The van der Waals surface area contributed by atoms with Crippen molar-refractivity contribution in [2.75, 3.05) is 19.6 Å². The second kappa shape index (κ2) is 6.08. The molecule has 1 aromatic rings. The summed E-state index contributed by atoms with van der Waals surface area (Å²) in [6.07, 6.45) is 6.27. The largest absolute Gasteiger partial charge is 0.370 e. The Bertz CT molecular complexity index is 482. The van der Waals surface area contributed by atoms with Crippen molar-refractivity contribution in [1.29, 1.82) is 0 Å². The van der Waals surface area contributed by atoms with Crippen molar-refractivity contribution in [3.63, 3.8) is 0 Å². The van der Waals surface area contributed by atoms with Gasteiger partial charge in [0.1, 0.15) is 0 Å². The normalized spacial score (nSPS) is 22.9. The molecule has 0 bridgehead atoms. The molecule has 1 saturated heterocycles. The topological polar surface area (TPSA) is 41.6 Å². The lowest BCUT2D eigenvalue weighted by Gasteiger charge is -2.41.